The second-order valence-corrected chi connectivity index (χ2v) is 7.04. The number of likely N-dealkylation sites (N-methyl/N-ethyl adjacent to an activating group) is 1. The van der Waals surface area contributed by atoms with Gasteiger partial charge in [0, 0.05) is 24.1 Å². The van der Waals surface area contributed by atoms with Crippen LogP contribution in [0.2, 0.25) is 0 Å². The van der Waals surface area contributed by atoms with Crippen LogP contribution in [-0.2, 0) is 4.79 Å². The first kappa shape index (κ1) is 14.6. The molecule has 1 saturated heterocycles. The molecule has 0 aliphatic carbocycles. The molecular formula is C14H13N3OS3. The van der Waals surface area contributed by atoms with Crippen LogP contribution in [0.1, 0.15) is 13.8 Å². The predicted octanol–water partition coefficient (Wildman–Crippen LogP) is 3.43. The third-order valence-electron chi connectivity index (χ3n) is 3.09. The zero-order valence-electron chi connectivity index (χ0n) is 11.6. The van der Waals surface area contributed by atoms with Crippen LogP contribution in [0.15, 0.2) is 51.1 Å². The van der Waals surface area contributed by atoms with Gasteiger partial charge in [-0.25, -0.2) is 4.99 Å². The second kappa shape index (κ2) is 5.82. The molecule has 0 unspecified atom stereocenters. The summed E-state index contributed by atoms with van der Waals surface area (Å²) in [5.74, 6) is -0.0129. The van der Waals surface area contributed by atoms with Crippen LogP contribution in [0.5, 0.6) is 0 Å². The summed E-state index contributed by atoms with van der Waals surface area (Å²) in [6, 6.07) is 0. The molecule has 0 bridgehead atoms. The van der Waals surface area contributed by atoms with Crippen molar-refractivity contribution in [3.63, 3.8) is 0 Å². The van der Waals surface area contributed by atoms with E-state index in [0.717, 1.165) is 16.6 Å². The number of amides is 1. The number of thioether (sulfide) groups is 2. The quantitative estimate of drug-likeness (QED) is 0.571. The fraction of sp³-hybridized carbons (Fsp3) is 0.214. The van der Waals surface area contributed by atoms with Gasteiger partial charge in [-0.15, -0.1) is 0 Å². The molecule has 1 amide bonds. The first-order valence-electron chi connectivity index (χ1n) is 6.45. The average molecular weight is 335 g/mol. The number of rotatable bonds is 2. The van der Waals surface area contributed by atoms with Crippen molar-refractivity contribution in [2.45, 2.75) is 13.8 Å². The molecule has 0 aromatic rings. The van der Waals surface area contributed by atoms with Gasteiger partial charge in [0.2, 0.25) is 0 Å². The van der Waals surface area contributed by atoms with Crippen molar-refractivity contribution in [1.82, 2.24) is 9.80 Å². The predicted molar refractivity (Wildman–Crippen MR) is 93.5 cm³/mol. The average Bonchev–Trinajstić information content (AvgIpc) is 3.01. The SMILES string of the molecule is CCN1C(=O)C(=C/C=C2\C=C(C)N=C3SC=CN32)SC1=S. The molecule has 0 saturated carbocycles. The van der Waals surface area contributed by atoms with E-state index >= 15 is 0 Å². The van der Waals surface area contributed by atoms with Crippen molar-refractivity contribution in [3.8, 4) is 0 Å². The number of aliphatic imine (C=N–C) groups is 1. The van der Waals surface area contributed by atoms with Crippen molar-refractivity contribution in [1.29, 1.82) is 0 Å². The monoisotopic (exact) mass is 335 g/mol. The van der Waals surface area contributed by atoms with Gasteiger partial charge in [0.05, 0.1) is 4.91 Å². The van der Waals surface area contributed by atoms with E-state index in [9.17, 15) is 4.79 Å². The summed E-state index contributed by atoms with van der Waals surface area (Å²) >= 11 is 8.15. The molecule has 0 spiro atoms. The number of hydrogen-bond acceptors (Lipinski definition) is 6. The lowest BCUT2D eigenvalue weighted by atomic mass is 10.2. The lowest BCUT2D eigenvalue weighted by Gasteiger charge is -2.21. The summed E-state index contributed by atoms with van der Waals surface area (Å²) in [6.45, 7) is 4.50. The summed E-state index contributed by atoms with van der Waals surface area (Å²) < 4.78 is 0.626. The van der Waals surface area contributed by atoms with Crippen LogP contribution < -0.4 is 0 Å². The lowest BCUT2D eigenvalue weighted by Crippen LogP contribution is -2.27. The third kappa shape index (κ3) is 2.73. The van der Waals surface area contributed by atoms with Gasteiger partial charge < -0.3 is 0 Å². The summed E-state index contributed by atoms with van der Waals surface area (Å²) in [4.78, 5) is 20.9. The lowest BCUT2D eigenvalue weighted by molar-refractivity contribution is -0.122. The molecule has 0 N–H and O–H groups in total. The molecule has 21 heavy (non-hydrogen) atoms. The van der Waals surface area contributed by atoms with Crippen LogP contribution in [-0.4, -0.2) is 31.7 Å². The van der Waals surface area contributed by atoms with Gasteiger partial charge in [0.25, 0.3) is 5.91 Å². The highest BCUT2D eigenvalue weighted by atomic mass is 32.2. The van der Waals surface area contributed by atoms with Crippen LogP contribution in [0.3, 0.4) is 0 Å². The van der Waals surface area contributed by atoms with E-state index in [1.807, 2.05) is 48.6 Å². The number of thiocarbonyl (C=S) groups is 1. The van der Waals surface area contributed by atoms with Gasteiger partial charge in [-0.2, -0.15) is 0 Å². The van der Waals surface area contributed by atoms with E-state index < -0.39 is 0 Å². The highest BCUT2D eigenvalue weighted by Crippen LogP contribution is 2.32. The molecule has 3 aliphatic rings. The summed E-state index contributed by atoms with van der Waals surface area (Å²) in [5, 5.41) is 2.94. The molecule has 1 fully saturated rings. The Morgan fingerprint density at radius 3 is 2.95 bits per heavy atom. The first-order valence-corrected chi connectivity index (χ1v) is 8.56. The maximum absolute atomic E-state index is 12.2. The molecule has 108 valence electrons. The van der Waals surface area contributed by atoms with Crippen LogP contribution in [0.4, 0.5) is 0 Å². The maximum Gasteiger partial charge on any atom is 0.266 e. The Kier molecular flexibility index (Phi) is 4.05. The minimum Gasteiger partial charge on any atom is -0.296 e. The van der Waals surface area contributed by atoms with Gasteiger partial charge in [0.1, 0.15) is 4.32 Å². The molecule has 4 nitrogen and oxygen atoms in total. The second-order valence-electron chi connectivity index (χ2n) is 4.49. The van der Waals surface area contributed by atoms with E-state index in [-0.39, 0.29) is 5.91 Å². The van der Waals surface area contributed by atoms with Crippen molar-refractivity contribution < 1.29 is 4.79 Å². The Hall–Kier alpha value is -1.31. The minimum atomic E-state index is -0.0129. The number of nitrogens with zero attached hydrogens (tertiary/aromatic N) is 3. The summed E-state index contributed by atoms with van der Waals surface area (Å²) in [5.41, 5.74) is 1.96. The fourth-order valence-electron chi connectivity index (χ4n) is 2.09. The topological polar surface area (TPSA) is 35.9 Å². The van der Waals surface area contributed by atoms with Gasteiger partial charge in [-0.3, -0.25) is 14.6 Å². The fourth-order valence-corrected chi connectivity index (χ4v) is 4.20. The van der Waals surface area contributed by atoms with Gasteiger partial charge in [0.15, 0.2) is 5.17 Å². The molecule has 0 aromatic carbocycles. The molecule has 0 aromatic heterocycles. The Labute approximate surface area is 137 Å². The highest BCUT2D eigenvalue weighted by Gasteiger charge is 2.30. The standard InChI is InChI=1S/C14H13N3OS3/c1-3-16-12(18)11(21-14(16)19)5-4-10-8-9(2)15-13-17(10)6-7-20-13/h4-8H,3H2,1-2H3/b10-4+,11-5?. The van der Waals surface area contributed by atoms with Crippen LogP contribution in [0, 0.1) is 0 Å². The molecule has 3 heterocycles. The Morgan fingerprint density at radius 1 is 1.43 bits per heavy atom. The summed E-state index contributed by atoms with van der Waals surface area (Å²) in [6.07, 6.45) is 7.75. The van der Waals surface area contributed by atoms with E-state index in [1.165, 1.54) is 11.8 Å². The summed E-state index contributed by atoms with van der Waals surface area (Å²) in [7, 11) is 0. The van der Waals surface area contributed by atoms with E-state index in [1.54, 1.807) is 16.7 Å². The Balaban J connectivity index is 1.88. The highest BCUT2D eigenvalue weighted by molar-refractivity contribution is 8.26. The van der Waals surface area contributed by atoms with Crippen LogP contribution >= 0.6 is 35.7 Å². The number of allylic oxidation sites excluding steroid dienone is 4. The largest absolute Gasteiger partial charge is 0.296 e. The van der Waals surface area contributed by atoms with Gasteiger partial charge >= 0.3 is 0 Å². The van der Waals surface area contributed by atoms with Gasteiger partial charge in [-0.05, 0) is 37.5 Å². The van der Waals surface area contributed by atoms with Crippen LogP contribution in [0.25, 0.3) is 0 Å². The maximum atomic E-state index is 12.2. The molecule has 7 heteroatoms. The number of fused-ring (bicyclic) bond motifs is 1. The molecular weight excluding hydrogens is 322 g/mol. The van der Waals surface area contributed by atoms with E-state index in [2.05, 4.69) is 4.99 Å². The molecule has 3 aliphatic heterocycles. The molecule has 0 radical (unpaired) electrons. The molecule has 3 rings (SSSR count). The normalized spacial score (nSPS) is 25.0. The van der Waals surface area contributed by atoms with E-state index in [4.69, 9.17) is 12.2 Å². The first-order chi connectivity index (χ1) is 10.1. The smallest absolute Gasteiger partial charge is 0.266 e. The zero-order valence-corrected chi connectivity index (χ0v) is 14.0. The van der Waals surface area contributed by atoms with Crippen molar-refractivity contribution >= 4 is 51.1 Å². The zero-order chi connectivity index (χ0) is 15.0. The number of carbonyl (C=O) groups excluding carboxylic acids is 1. The van der Waals surface area contributed by atoms with E-state index in [0.29, 0.717) is 15.8 Å². The number of hydrogen-bond donors (Lipinski definition) is 0. The van der Waals surface area contributed by atoms with Crippen molar-refractivity contribution in [3.05, 3.63) is 46.1 Å². The Morgan fingerprint density at radius 2 is 2.24 bits per heavy atom. The number of amidine groups is 1. The molecule has 0 atom stereocenters. The van der Waals surface area contributed by atoms with Crippen molar-refractivity contribution in [2.75, 3.05) is 6.54 Å². The van der Waals surface area contributed by atoms with Crippen molar-refractivity contribution in [2.24, 2.45) is 4.99 Å². The number of carbonyl (C=O) groups is 1. The Bertz CT molecular complexity index is 673. The van der Waals surface area contributed by atoms with Gasteiger partial charge in [-0.1, -0.05) is 35.7 Å². The third-order valence-corrected chi connectivity index (χ3v) is 5.24. The minimum absolute atomic E-state index is 0.0129.